The fourth-order valence-corrected chi connectivity index (χ4v) is 1.85. The highest BCUT2D eigenvalue weighted by atomic mass is 19.1. The van der Waals surface area contributed by atoms with Gasteiger partial charge in [0.15, 0.2) is 5.82 Å². The van der Waals surface area contributed by atoms with Crippen molar-refractivity contribution in [3.05, 3.63) is 66.1 Å². The Morgan fingerprint density at radius 2 is 1.87 bits per heavy atom. The third kappa shape index (κ3) is 3.94. The number of nitrogens with zero attached hydrogens (tertiary/aromatic N) is 4. The number of aromatic nitrogens is 4. The molecular weight excluding hydrogens is 302 g/mol. The van der Waals surface area contributed by atoms with Gasteiger partial charge < -0.3 is 10.6 Å². The standard InChI is InChI=1S/C15H12F2N6/c16-11-1-2-13(12(17)7-11)21-14-9-20-23-15(22-14)19-8-10-3-5-18-6-4-10/h1-7,9H,8H2,(H2,19,21,22,23). The molecule has 0 aliphatic rings. The molecular formula is C15H12F2N6. The monoisotopic (exact) mass is 314 g/mol. The maximum atomic E-state index is 13.6. The van der Waals surface area contributed by atoms with Crippen LogP contribution in [0.1, 0.15) is 5.56 Å². The smallest absolute Gasteiger partial charge is 0.244 e. The quantitative estimate of drug-likeness (QED) is 0.754. The number of pyridine rings is 1. The lowest BCUT2D eigenvalue weighted by Crippen LogP contribution is -2.06. The van der Waals surface area contributed by atoms with Crippen molar-refractivity contribution in [1.29, 1.82) is 0 Å². The predicted octanol–water partition coefficient (Wildman–Crippen LogP) is 2.90. The first-order valence-corrected chi connectivity index (χ1v) is 6.75. The number of benzene rings is 1. The minimum absolute atomic E-state index is 0.104. The van der Waals surface area contributed by atoms with Crippen molar-refractivity contribution in [3.63, 3.8) is 0 Å². The Labute approximate surface area is 130 Å². The molecule has 1 aromatic carbocycles. The van der Waals surface area contributed by atoms with Crippen LogP contribution in [0.25, 0.3) is 0 Å². The third-order valence-corrected chi connectivity index (χ3v) is 2.95. The van der Waals surface area contributed by atoms with Crippen LogP contribution in [0.3, 0.4) is 0 Å². The molecule has 0 atom stereocenters. The van der Waals surface area contributed by atoms with Gasteiger partial charge in [-0.3, -0.25) is 4.98 Å². The number of rotatable bonds is 5. The SMILES string of the molecule is Fc1ccc(Nc2cnnc(NCc3ccncc3)n2)c(F)c1. The third-order valence-electron chi connectivity index (χ3n) is 2.95. The lowest BCUT2D eigenvalue weighted by Gasteiger charge is -2.08. The average Bonchev–Trinajstić information content (AvgIpc) is 2.57. The summed E-state index contributed by atoms with van der Waals surface area (Å²) in [5.41, 5.74) is 1.11. The van der Waals surface area contributed by atoms with Crippen molar-refractivity contribution in [2.45, 2.75) is 6.54 Å². The Morgan fingerprint density at radius 1 is 1.04 bits per heavy atom. The summed E-state index contributed by atoms with van der Waals surface area (Å²) in [4.78, 5) is 8.11. The van der Waals surface area contributed by atoms with E-state index in [9.17, 15) is 8.78 Å². The van der Waals surface area contributed by atoms with E-state index in [1.165, 1.54) is 12.3 Å². The molecule has 0 unspecified atom stereocenters. The fraction of sp³-hybridized carbons (Fsp3) is 0.0667. The minimum Gasteiger partial charge on any atom is -0.349 e. The van der Waals surface area contributed by atoms with Crippen molar-refractivity contribution in [2.75, 3.05) is 10.6 Å². The number of halogens is 2. The van der Waals surface area contributed by atoms with Gasteiger partial charge in [-0.25, -0.2) is 8.78 Å². The van der Waals surface area contributed by atoms with E-state index in [0.29, 0.717) is 12.4 Å². The van der Waals surface area contributed by atoms with Crippen LogP contribution in [-0.2, 0) is 6.54 Å². The van der Waals surface area contributed by atoms with Crippen molar-refractivity contribution in [3.8, 4) is 0 Å². The lowest BCUT2D eigenvalue weighted by molar-refractivity contribution is 0.586. The van der Waals surface area contributed by atoms with E-state index in [0.717, 1.165) is 17.7 Å². The molecule has 3 rings (SSSR count). The Bertz CT molecular complexity index is 797. The van der Waals surface area contributed by atoms with Crippen LogP contribution in [0, 0.1) is 11.6 Å². The zero-order valence-corrected chi connectivity index (χ0v) is 11.9. The van der Waals surface area contributed by atoms with E-state index < -0.39 is 11.6 Å². The average molecular weight is 314 g/mol. The van der Waals surface area contributed by atoms with Crippen LogP contribution in [0.5, 0.6) is 0 Å². The molecule has 2 N–H and O–H groups in total. The second kappa shape index (κ2) is 6.73. The lowest BCUT2D eigenvalue weighted by atomic mass is 10.3. The van der Waals surface area contributed by atoms with E-state index in [2.05, 4.69) is 30.8 Å². The number of hydrogen-bond acceptors (Lipinski definition) is 6. The van der Waals surface area contributed by atoms with Gasteiger partial charge in [0.25, 0.3) is 0 Å². The first-order valence-electron chi connectivity index (χ1n) is 6.75. The number of hydrogen-bond donors (Lipinski definition) is 2. The zero-order chi connectivity index (χ0) is 16.1. The molecule has 0 spiro atoms. The van der Waals surface area contributed by atoms with E-state index in [1.807, 2.05) is 12.1 Å². The van der Waals surface area contributed by atoms with E-state index in [4.69, 9.17) is 0 Å². The Morgan fingerprint density at radius 3 is 2.65 bits per heavy atom. The maximum absolute atomic E-state index is 13.6. The molecule has 0 aliphatic carbocycles. The molecule has 0 saturated carbocycles. The normalized spacial score (nSPS) is 10.3. The van der Waals surface area contributed by atoms with Crippen LogP contribution in [0.4, 0.5) is 26.2 Å². The molecule has 0 bridgehead atoms. The highest BCUT2D eigenvalue weighted by molar-refractivity contribution is 5.56. The van der Waals surface area contributed by atoms with Crippen LogP contribution >= 0.6 is 0 Å². The largest absolute Gasteiger partial charge is 0.349 e. The fourth-order valence-electron chi connectivity index (χ4n) is 1.85. The molecule has 3 aromatic rings. The number of nitrogens with one attached hydrogen (secondary N) is 2. The molecule has 0 radical (unpaired) electrons. The van der Waals surface area contributed by atoms with Crippen molar-refractivity contribution < 1.29 is 8.78 Å². The van der Waals surface area contributed by atoms with Gasteiger partial charge in [-0.1, -0.05) is 0 Å². The van der Waals surface area contributed by atoms with Crippen molar-refractivity contribution >= 4 is 17.5 Å². The molecule has 2 heterocycles. The summed E-state index contributed by atoms with van der Waals surface area (Å²) < 4.78 is 26.5. The van der Waals surface area contributed by atoms with Crippen LogP contribution in [0.15, 0.2) is 48.9 Å². The van der Waals surface area contributed by atoms with Gasteiger partial charge in [0, 0.05) is 25.0 Å². The van der Waals surface area contributed by atoms with E-state index in [1.54, 1.807) is 12.4 Å². The Kier molecular flexibility index (Phi) is 4.32. The summed E-state index contributed by atoms with van der Waals surface area (Å²) in [5, 5.41) is 13.4. The molecule has 23 heavy (non-hydrogen) atoms. The number of anilines is 3. The van der Waals surface area contributed by atoms with Gasteiger partial charge in [0.2, 0.25) is 5.95 Å². The van der Waals surface area contributed by atoms with Gasteiger partial charge in [-0.2, -0.15) is 10.1 Å². The van der Waals surface area contributed by atoms with Crippen molar-refractivity contribution in [2.24, 2.45) is 0 Å². The Balaban J connectivity index is 1.69. The van der Waals surface area contributed by atoms with Crippen LogP contribution in [0.2, 0.25) is 0 Å². The first kappa shape index (κ1) is 14.8. The van der Waals surface area contributed by atoms with E-state index >= 15 is 0 Å². The van der Waals surface area contributed by atoms with Crippen LogP contribution in [-0.4, -0.2) is 20.2 Å². The Hall–Kier alpha value is -3.16. The second-order valence-corrected chi connectivity index (χ2v) is 4.62. The summed E-state index contributed by atoms with van der Waals surface area (Å²) in [6, 6.07) is 6.95. The molecule has 0 fully saturated rings. The maximum Gasteiger partial charge on any atom is 0.244 e. The van der Waals surface area contributed by atoms with Gasteiger partial charge in [0.1, 0.15) is 11.6 Å². The zero-order valence-electron chi connectivity index (χ0n) is 11.9. The van der Waals surface area contributed by atoms with Gasteiger partial charge in [-0.05, 0) is 29.8 Å². The summed E-state index contributed by atoms with van der Waals surface area (Å²) in [7, 11) is 0. The van der Waals surface area contributed by atoms with Gasteiger partial charge >= 0.3 is 0 Å². The predicted molar refractivity (Wildman–Crippen MR) is 81.0 cm³/mol. The summed E-state index contributed by atoms with van der Waals surface area (Å²) in [6.07, 6.45) is 4.72. The highest BCUT2D eigenvalue weighted by Crippen LogP contribution is 2.19. The first-order chi connectivity index (χ1) is 11.2. The highest BCUT2D eigenvalue weighted by Gasteiger charge is 2.06. The molecule has 2 aromatic heterocycles. The van der Waals surface area contributed by atoms with Crippen LogP contribution < -0.4 is 10.6 Å². The second-order valence-electron chi connectivity index (χ2n) is 4.62. The summed E-state index contributed by atoms with van der Waals surface area (Å²) in [6.45, 7) is 0.499. The van der Waals surface area contributed by atoms with Gasteiger partial charge in [0.05, 0.1) is 11.9 Å². The summed E-state index contributed by atoms with van der Waals surface area (Å²) >= 11 is 0. The van der Waals surface area contributed by atoms with Crippen molar-refractivity contribution in [1.82, 2.24) is 20.2 Å². The topological polar surface area (TPSA) is 75.6 Å². The minimum atomic E-state index is -0.713. The summed E-state index contributed by atoms with van der Waals surface area (Å²) in [5.74, 6) is -0.777. The molecule has 116 valence electrons. The van der Waals surface area contributed by atoms with E-state index in [-0.39, 0.29) is 11.6 Å². The molecule has 0 saturated heterocycles. The molecule has 8 heteroatoms. The van der Waals surface area contributed by atoms with Gasteiger partial charge in [-0.15, -0.1) is 5.10 Å². The molecule has 0 aliphatic heterocycles. The molecule has 0 amide bonds. The molecule has 6 nitrogen and oxygen atoms in total.